The molecule has 2 rings (SSSR count). The van der Waals surface area contributed by atoms with E-state index < -0.39 is 10.0 Å². The molecular weight excluding hydrogens is 246 g/mol. The number of piperidine rings is 1. The van der Waals surface area contributed by atoms with Crippen molar-refractivity contribution < 1.29 is 8.42 Å². The molecule has 100 valence electrons. The summed E-state index contributed by atoms with van der Waals surface area (Å²) in [5, 5.41) is 0. The van der Waals surface area contributed by atoms with E-state index in [1.54, 1.807) is 4.31 Å². The molecule has 1 aromatic rings. The van der Waals surface area contributed by atoms with Crippen molar-refractivity contribution in [1.29, 1.82) is 0 Å². The Morgan fingerprint density at radius 3 is 2.22 bits per heavy atom. The van der Waals surface area contributed by atoms with Crippen LogP contribution < -0.4 is 0 Å². The first-order valence-corrected chi connectivity index (χ1v) is 8.17. The Labute approximate surface area is 110 Å². The van der Waals surface area contributed by atoms with Gasteiger partial charge in [-0.3, -0.25) is 0 Å². The summed E-state index contributed by atoms with van der Waals surface area (Å²) in [5.41, 5.74) is 0.863. The third-order valence-corrected chi connectivity index (χ3v) is 5.69. The fourth-order valence-corrected chi connectivity index (χ4v) is 4.88. The summed E-state index contributed by atoms with van der Waals surface area (Å²) in [5.74, 6) is 0.114. The topological polar surface area (TPSA) is 37.4 Å². The van der Waals surface area contributed by atoms with Crippen LogP contribution in [0.2, 0.25) is 0 Å². The first-order valence-electron chi connectivity index (χ1n) is 6.56. The molecule has 0 aromatic heterocycles. The summed E-state index contributed by atoms with van der Waals surface area (Å²) in [7, 11) is -3.20. The van der Waals surface area contributed by atoms with Gasteiger partial charge in [0.2, 0.25) is 10.0 Å². The quantitative estimate of drug-likeness (QED) is 0.844. The molecule has 1 saturated heterocycles. The van der Waals surface area contributed by atoms with Crippen LogP contribution in [0.3, 0.4) is 0 Å². The van der Waals surface area contributed by atoms with Gasteiger partial charge in [0.1, 0.15) is 0 Å². The lowest BCUT2D eigenvalue weighted by molar-refractivity contribution is 0.204. The Bertz CT molecular complexity index is 474. The van der Waals surface area contributed by atoms with Crippen LogP contribution in [-0.4, -0.2) is 24.8 Å². The normalized spacial score (nSPS) is 26.1. The molecule has 0 aliphatic carbocycles. The van der Waals surface area contributed by atoms with Crippen LogP contribution in [0.4, 0.5) is 0 Å². The fourth-order valence-electron chi connectivity index (χ4n) is 2.81. The minimum atomic E-state index is -3.20. The highest BCUT2D eigenvalue weighted by molar-refractivity contribution is 7.88. The van der Waals surface area contributed by atoms with E-state index in [2.05, 4.69) is 0 Å². The van der Waals surface area contributed by atoms with Gasteiger partial charge in [-0.1, -0.05) is 36.8 Å². The molecule has 0 saturated carbocycles. The SMILES string of the molecule is CC1CCCC(C)N1S(=O)(=O)Cc1ccccc1. The van der Waals surface area contributed by atoms with Crippen molar-refractivity contribution in [3.63, 3.8) is 0 Å². The molecule has 3 nitrogen and oxygen atoms in total. The summed E-state index contributed by atoms with van der Waals surface area (Å²) < 4.78 is 26.7. The number of rotatable bonds is 3. The van der Waals surface area contributed by atoms with Crippen LogP contribution in [0.25, 0.3) is 0 Å². The van der Waals surface area contributed by atoms with Gasteiger partial charge in [-0.2, -0.15) is 4.31 Å². The van der Waals surface area contributed by atoms with Gasteiger partial charge in [0.25, 0.3) is 0 Å². The second kappa shape index (κ2) is 5.41. The molecule has 2 unspecified atom stereocenters. The lowest BCUT2D eigenvalue weighted by Crippen LogP contribution is -2.47. The predicted octanol–water partition coefficient (Wildman–Crippen LogP) is 2.78. The van der Waals surface area contributed by atoms with Gasteiger partial charge in [-0.15, -0.1) is 0 Å². The maximum absolute atomic E-state index is 12.5. The van der Waals surface area contributed by atoms with Crippen molar-refractivity contribution in [3.05, 3.63) is 35.9 Å². The first kappa shape index (κ1) is 13.6. The molecule has 1 fully saturated rings. The van der Waals surface area contributed by atoms with Gasteiger partial charge < -0.3 is 0 Å². The molecule has 1 aromatic carbocycles. The Balaban J connectivity index is 2.20. The Morgan fingerprint density at radius 2 is 1.67 bits per heavy atom. The number of sulfonamides is 1. The zero-order valence-corrected chi connectivity index (χ0v) is 11.9. The van der Waals surface area contributed by atoms with Crippen LogP contribution in [0.1, 0.15) is 38.7 Å². The molecular formula is C14H21NO2S. The summed E-state index contributed by atoms with van der Waals surface area (Å²) >= 11 is 0. The third-order valence-electron chi connectivity index (χ3n) is 3.63. The van der Waals surface area contributed by atoms with Gasteiger partial charge >= 0.3 is 0 Å². The third kappa shape index (κ3) is 2.93. The number of hydrogen-bond acceptors (Lipinski definition) is 2. The molecule has 0 N–H and O–H groups in total. The second-order valence-corrected chi connectivity index (χ2v) is 7.07. The van der Waals surface area contributed by atoms with E-state index in [1.165, 1.54) is 0 Å². The smallest absolute Gasteiger partial charge is 0.212 e. The van der Waals surface area contributed by atoms with Gasteiger partial charge in [0.05, 0.1) is 5.75 Å². The first-order chi connectivity index (χ1) is 8.50. The van der Waals surface area contributed by atoms with Crippen LogP contribution in [0, 0.1) is 0 Å². The minimum absolute atomic E-state index is 0.114. The van der Waals surface area contributed by atoms with Crippen LogP contribution >= 0.6 is 0 Å². The number of benzene rings is 1. The monoisotopic (exact) mass is 267 g/mol. The van der Waals surface area contributed by atoms with Gasteiger partial charge in [-0.25, -0.2) is 8.42 Å². The highest BCUT2D eigenvalue weighted by Crippen LogP contribution is 2.27. The largest absolute Gasteiger partial charge is 0.218 e. The van der Waals surface area contributed by atoms with Gasteiger partial charge in [0.15, 0.2) is 0 Å². The number of nitrogens with zero attached hydrogens (tertiary/aromatic N) is 1. The minimum Gasteiger partial charge on any atom is -0.212 e. The second-order valence-electron chi connectivity index (χ2n) is 5.20. The van der Waals surface area contributed by atoms with E-state index in [-0.39, 0.29) is 17.8 Å². The van der Waals surface area contributed by atoms with Gasteiger partial charge in [0, 0.05) is 12.1 Å². The van der Waals surface area contributed by atoms with Crippen molar-refractivity contribution in [1.82, 2.24) is 4.31 Å². The molecule has 1 heterocycles. The van der Waals surface area contributed by atoms with E-state index in [0.717, 1.165) is 24.8 Å². The predicted molar refractivity (Wildman–Crippen MR) is 73.7 cm³/mol. The Hall–Kier alpha value is -0.870. The van der Waals surface area contributed by atoms with Gasteiger partial charge in [-0.05, 0) is 32.3 Å². The Kier molecular flexibility index (Phi) is 4.07. The van der Waals surface area contributed by atoms with Crippen LogP contribution in [0.15, 0.2) is 30.3 Å². The lowest BCUT2D eigenvalue weighted by atomic mass is 10.0. The average molecular weight is 267 g/mol. The lowest BCUT2D eigenvalue weighted by Gasteiger charge is -2.37. The average Bonchev–Trinajstić information content (AvgIpc) is 2.28. The summed E-state index contributed by atoms with van der Waals surface area (Å²) in [4.78, 5) is 0. The van der Waals surface area contributed by atoms with E-state index in [1.807, 2.05) is 44.2 Å². The Morgan fingerprint density at radius 1 is 1.11 bits per heavy atom. The van der Waals surface area contributed by atoms with Crippen molar-refractivity contribution >= 4 is 10.0 Å². The molecule has 0 bridgehead atoms. The zero-order chi connectivity index (χ0) is 13.2. The standard InChI is InChI=1S/C14H21NO2S/c1-12-7-6-8-13(2)15(12)18(16,17)11-14-9-4-3-5-10-14/h3-5,9-10,12-13H,6-8,11H2,1-2H3. The highest BCUT2D eigenvalue weighted by atomic mass is 32.2. The number of hydrogen-bond donors (Lipinski definition) is 0. The molecule has 2 atom stereocenters. The van der Waals surface area contributed by atoms with E-state index in [0.29, 0.717) is 0 Å². The summed E-state index contributed by atoms with van der Waals surface area (Å²) in [6.45, 7) is 4.02. The van der Waals surface area contributed by atoms with Crippen LogP contribution in [0.5, 0.6) is 0 Å². The van der Waals surface area contributed by atoms with Crippen molar-refractivity contribution in [2.45, 2.75) is 50.9 Å². The molecule has 0 spiro atoms. The molecule has 1 aliphatic heterocycles. The van der Waals surface area contributed by atoms with Crippen molar-refractivity contribution in [2.24, 2.45) is 0 Å². The highest BCUT2D eigenvalue weighted by Gasteiger charge is 2.34. The molecule has 18 heavy (non-hydrogen) atoms. The van der Waals surface area contributed by atoms with E-state index >= 15 is 0 Å². The van der Waals surface area contributed by atoms with Crippen molar-refractivity contribution in [3.8, 4) is 0 Å². The molecule has 4 heteroatoms. The van der Waals surface area contributed by atoms with Crippen molar-refractivity contribution in [2.75, 3.05) is 0 Å². The summed E-state index contributed by atoms with van der Waals surface area (Å²) in [6, 6.07) is 9.67. The molecule has 0 radical (unpaired) electrons. The van der Waals surface area contributed by atoms with E-state index in [9.17, 15) is 8.42 Å². The molecule has 1 aliphatic rings. The molecule has 0 amide bonds. The maximum Gasteiger partial charge on any atom is 0.218 e. The van der Waals surface area contributed by atoms with Crippen LogP contribution in [-0.2, 0) is 15.8 Å². The zero-order valence-electron chi connectivity index (χ0n) is 11.0. The maximum atomic E-state index is 12.5. The fraction of sp³-hybridized carbons (Fsp3) is 0.571. The summed E-state index contributed by atoms with van der Waals surface area (Å²) in [6.07, 6.45) is 3.07. The van der Waals surface area contributed by atoms with E-state index in [4.69, 9.17) is 0 Å².